The lowest BCUT2D eigenvalue weighted by Gasteiger charge is -2.38. The number of hydrogen-bond acceptors (Lipinski definition) is 4. The van der Waals surface area contributed by atoms with E-state index in [1.807, 2.05) is 12.1 Å². The largest absolute Gasteiger partial charge is 0.389 e. The Balaban J connectivity index is 1.76. The SMILES string of the molecule is C[C@H](O)c1ccnc(N2CCN3CCCC3C2)c1. The summed E-state index contributed by atoms with van der Waals surface area (Å²) in [5.74, 6) is 1.01. The van der Waals surface area contributed by atoms with Gasteiger partial charge in [0.25, 0.3) is 0 Å². The topological polar surface area (TPSA) is 39.6 Å². The molecule has 18 heavy (non-hydrogen) atoms. The summed E-state index contributed by atoms with van der Waals surface area (Å²) in [6.45, 7) is 6.34. The molecule has 2 aliphatic rings. The van der Waals surface area contributed by atoms with E-state index < -0.39 is 6.10 Å². The van der Waals surface area contributed by atoms with Crippen LogP contribution < -0.4 is 4.90 Å². The highest BCUT2D eigenvalue weighted by Gasteiger charge is 2.30. The zero-order valence-electron chi connectivity index (χ0n) is 10.9. The lowest BCUT2D eigenvalue weighted by atomic mass is 10.1. The first-order chi connectivity index (χ1) is 8.74. The van der Waals surface area contributed by atoms with Crippen LogP contribution in [0.2, 0.25) is 0 Å². The van der Waals surface area contributed by atoms with Crippen LogP contribution in [-0.4, -0.2) is 47.2 Å². The fraction of sp³-hybridized carbons (Fsp3) is 0.643. The number of anilines is 1. The maximum Gasteiger partial charge on any atom is 0.128 e. The third kappa shape index (κ3) is 2.22. The predicted molar refractivity (Wildman–Crippen MR) is 71.7 cm³/mol. The average Bonchev–Trinajstić information content (AvgIpc) is 2.86. The Morgan fingerprint density at radius 2 is 2.28 bits per heavy atom. The minimum absolute atomic E-state index is 0.417. The van der Waals surface area contributed by atoms with Crippen LogP contribution in [0.1, 0.15) is 31.4 Å². The monoisotopic (exact) mass is 247 g/mol. The van der Waals surface area contributed by atoms with Gasteiger partial charge in [0.1, 0.15) is 5.82 Å². The van der Waals surface area contributed by atoms with Gasteiger partial charge in [0.2, 0.25) is 0 Å². The molecule has 3 rings (SSSR count). The molecule has 0 bridgehead atoms. The van der Waals surface area contributed by atoms with Gasteiger partial charge in [-0.05, 0) is 44.0 Å². The molecule has 0 saturated carbocycles. The Morgan fingerprint density at radius 1 is 1.39 bits per heavy atom. The molecule has 1 N–H and O–H groups in total. The smallest absolute Gasteiger partial charge is 0.128 e. The summed E-state index contributed by atoms with van der Waals surface area (Å²) in [7, 11) is 0. The van der Waals surface area contributed by atoms with Crippen LogP contribution >= 0.6 is 0 Å². The number of hydrogen-bond donors (Lipinski definition) is 1. The van der Waals surface area contributed by atoms with Crippen molar-refractivity contribution in [2.45, 2.75) is 31.9 Å². The molecule has 3 heterocycles. The van der Waals surface area contributed by atoms with Crippen LogP contribution in [0.25, 0.3) is 0 Å². The molecular weight excluding hydrogens is 226 g/mol. The minimum atomic E-state index is -0.417. The summed E-state index contributed by atoms with van der Waals surface area (Å²) in [4.78, 5) is 9.41. The van der Waals surface area contributed by atoms with E-state index >= 15 is 0 Å². The molecule has 4 nitrogen and oxygen atoms in total. The third-order valence-electron chi connectivity index (χ3n) is 4.16. The van der Waals surface area contributed by atoms with Gasteiger partial charge in [-0.25, -0.2) is 4.98 Å². The molecule has 0 amide bonds. The van der Waals surface area contributed by atoms with Gasteiger partial charge in [-0.1, -0.05) is 0 Å². The quantitative estimate of drug-likeness (QED) is 0.858. The first-order valence-corrected chi connectivity index (χ1v) is 6.87. The lowest BCUT2D eigenvalue weighted by molar-refractivity contribution is 0.199. The lowest BCUT2D eigenvalue weighted by Crippen LogP contribution is -2.50. The second-order valence-electron chi connectivity index (χ2n) is 5.40. The molecule has 2 saturated heterocycles. The van der Waals surface area contributed by atoms with Gasteiger partial charge in [0, 0.05) is 31.9 Å². The molecule has 0 radical (unpaired) electrons. The average molecular weight is 247 g/mol. The number of aromatic nitrogens is 1. The molecule has 0 spiro atoms. The maximum atomic E-state index is 9.64. The Morgan fingerprint density at radius 3 is 3.11 bits per heavy atom. The molecule has 1 aromatic rings. The molecule has 98 valence electrons. The first-order valence-electron chi connectivity index (χ1n) is 6.87. The van der Waals surface area contributed by atoms with Crippen LogP contribution in [0, 0.1) is 0 Å². The summed E-state index contributed by atoms with van der Waals surface area (Å²) in [6.07, 6.45) is 4.03. The number of pyridine rings is 1. The maximum absolute atomic E-state index is 9.64. The van der Waals surface area contributed by atoms with Crippen molar-refractivity contribution >= 4 is 5.82 Å². The van der Waals surface area contributed by atoms with Crippen molar-refractivity contribution in [3.8, 4) is 0 Å². The number of nitrogens with zero attached hydrogens (tertiary/aromatic N) is 3. The van der Waals surface area contributed by atoms with Crippen molar-refractivity contribution in [1.82, 2.24) is 9.88 Å². The summed E-state index contributed by atoms with van der Waals surface area (Å²) >= 11 is 0. The number of aliphatic hydroxyl groups excluding tert-OH is 1. The molecule has 2 aliphatic heterocycles. The standard InChI is InChI=1S/C14H21N3O/c1-11(18)12-4-5-15-14(9-12)17-8-7-16-6-2-3-13(16)10-17/h4-5,9,11,13,18H,2-3,6-8,10H2,1H3/t11-,13?/m0/s1. The fourth-order valence-electron chi connectivity index (χ4n) is 3.07. The molecule has 2 atom stereocenters. The van der Waals surface area contributed by atoms with Crippen LogP contribution in [0.4, 0.5) is 5.82 Å². The van der Waals surface area contributed by atoms with Crippen molar-refractivity contribution in [3.05, 3.63) is 23.9 Å². The second kappa shape index (κ2) is 4.86. The van der Waals surface area contributed by atoms with Crippen molar-refractivity contribution < 1.29 is 5.11 Å². The molecule has 1 aromatic heterocycles. The van der Waals surface area contributed by atoms with E-state index in [4.69, 9.17) is 0 Å². The zero-order valence-corrected chi connectivity index (χ0v) is 10.9. The van der Waals surface area contributed by atoms with Gasteiger partial charge in [0.15, 0.2) is 0 Å². The van der Waals surface area contributed by atoms with Crippen molar-refractivity contribution in [2.75, 3.05) is 31.1 Å². The summed E-state index contributed by atoms with van der Waals surface area (Å²) < 4.78 is 0. The van der Waals surface area contributed by atoms with E-state index in [0.717, 1.165) is 31.0 Å². The molecule has 4 heteroatoms. The van der Waals surface area contributed by atoms with E-state index in [-0.39, 0.29) is 0 Å². The number of rotatable bonds is 2. The van der Waals surface area contributed by atoms with Gasteiger partial charge in [0.05, 0.1) is 6.10 Å². The Labute approximate surface area is 108 Å². The number of piperazine rings is 1. The van der Waals surface area contributed by atoms with E-state index in [2.05, 4.69) is 14.8 Å². The Bertz CT molecular complexity index is 421. The Kier molecular flexibility index (Phi) is 3.22. The van der Waals surface area contributed by atoms with E-state index in [0.29, 0.717) is 6.04 Å². The minimum Gasteiger partial charge on any atom is -0.389 e. The molecule has 0 aliphatic carbocycles. The molecular formula is C14H21N3O. The van der Waals surface area contributed by atoms with Crippen molar-refractivity contribution in [1.29, 1.82) is 0 Å². The zero-order chi connectivity index (χ0) is 12.5. The van der Waals surface area contributed by atoms with E-state index in [1.165, 1.54) is 19.4 Å². The van der Waals surface area contributed by atoms with Crippen LogP contribution in [0.3, 0.4) is 0 Å². The highest BCUT2D eigenvalue weighted by atomic mass is 16.3. The van der Waals surface area contributed by atoms with Gasteiger partial charge < -0.3 is 10.0 Å². The van der Waals surface area contributed by atoms with Crippen molar-refractivity contribution in [2.24, 2.45) is 0 Å². The van der Waals surface area contributed by atoms with Gasteiger partial charge in [-0.3, -0.25) is 4.90 Å². The van der Waals surface area contributed by atoms with Gasteiger partial charge in [-0.2, -0.15) is 0 Å². The van der Waals surface area contributed by atoms with Gasteiger partial charge in [-0.15, -0.1) is 0 Å². The second-order valence-corrected chi connectivity index (χ2v) is 5.40. The third-order valence-corrected chi connectivity index (χ3v) is 4.16. The summed E-state index contributed by atoms with van der Waals surface area (Å²) in [5, 5.41) is 9.64. The van der Waals surface area contributed by atoms with Crippen LogP contribution in [-0.2, 0) is 0 Å². The van der Waals surface area contributed by atoms with E-state index in [9.17, 15) is 5.11 Å². The van der Waals surface area contributed by atoms with Crippen LogP contribution in [0.5, 0.6) is 0 Å². The predicted octanol–water partition coefficient (Wildman–Crippen LogP) is 1.42. The normalized spacial score (nSPS) is 26.1. The van der Waals surface area contributed by atoms with Crippen LogP contribution in [0.15, 0.2) is 18.3 Å². The van der Waals surface area contributed by atoms with E-state index in [1.54, 1.807) is 13.1 Å². The first kappa shape index (κ1) is 11.9. The molecule has 2 fully saturated rings. The summed E-state index contributed by atoms with van der Waals surface area (Å²) in [5.41, 5.74) is 0.953. The Hall–Kier alpha value is -1.13. The summed E-state index contributed by atoms with van der Waals surface area (Å²) in [6, 6.07) is 4.62. The number of fused-ring (bicyclic) bond motifs is 1. The van der Waals surface area contributed by atoms with Gasteiger partial charge >= 0.3 is 0 Å². The fourth-order valence-corrected chi connectivity index (χ4v) is 3.07. The number of aliphatic hydroxyl groups is 1. The molecule has 1 unspecified atom stereocenters. The highest BCUT2D eigenvalue weighted by Crippen LogP contribution is 2.25. The molecule has 0 aromatic carbocycles. The van der Waals surface area contributed by atoms with Crippen molar-refractivity contribution in [3.63, 3.8) is 0 Å². The highest BCUT2D eigenvalue weighted by molar-refractivity contribution is 5.42.